The monoisotopic (exact) mass is 691 g/mol. The molecule has 1 fully saturated rings. The molecule has 0 aliphatic heterocycles. The molecule has 1 N–H and O–H groups in total. The number of benzene rings is 4. The molecular formula is C37H39Cl2N3O4S. The first kappa shape index (κ1) is 34.5. The Bertz CT molecular complexity index is 1790. The average Bonchev–Trinajstić information content (AvgIpc) is 3.57. The highest BCUT2D eigenvalue weighted by Gasteiger charge is 2.36. The smallest absolute Gasteiger partial charge is 0.264 e. The van der Waals surface area contributed by atoms with Gasteiger partial charge in [-0.2, -0.15) is 0 Å². The molecule has 0 heterocycles. The summed E-state index contributed by atoms with van der Waals surface area (Å²) in [4.78, 5) is 30.4. The number of nitrogens with zero attached hydrogens (tertiary/aromatic N) is 2. The molecule has 0 radical (unpaired) electrons. The van der Waals surface area contributed by atoms with Crippen molar-refractivity contribution in [3.05, 3.63) is 129 Å². The van der Waals surface area contributed by atoms with Crippen LogP contribution in [0.15, 0.2) is 102 Å². The number of sulfonamides is 1. The Balaban J connectivity index is 1.61. The standard InChI is InChI=1S/C37H39Cl2N3O4S/c1-26-20-21-34(27(2)22-26)42(47(45,46)30-16-7-4-8-17-30)25-36(43)41(24-31-32(38)18-11-19-33(31)39)35(23-28-12-5-3-6-13-28)37(44)40-29-14-9-10-15-29/h3-8,11-13,16-22,29,35H,9-10,14-15,23-25H2,1-2H3,(H,40,44)/t35-/m0/s1. The van der Waals surface area contributed by atoms with Crippen LogP contribution in [0.4, 0.5) is 5.69 Å². The Kier molecular flexibility index (Phi) is 11.3. The van der Waals surface area contributed by atoms with Gasteiger partial charge >= 0.3 is 0 Å². The second-order valence-electron chi connectivity index (χ2n) is 12.0. The normalized spacial score (nSPS) is 14.0. The van der Waals surface area contributed by atoms with Crippen molar-refractivity contribution in [3.8, 4) is 0 Å². The van der Waals surface area contributed by atoms with Crippen LogP contribution in [-0.2, 0) is 32.6 Å². The van der Waals surface area contributed by atoms with Crippen molar-refractivity contribution in [2.75, 3.05) is 10.8 Å². The molecule has 246 valence electrons. The van der Waals surface area contributed by atoms with Crippen LogP contribution < -0.4 is 9.62 Å². The molecule has 0 unspecified atom stereocenters. The lowest BCUT2D eigenvalue weighted by Gasteiger charge is -2.35. The Hall–Kier alpha value is -3.85. The van der Waals surface area contributed by atoms with Crippen molar-refractivity contribution >= 4 is 50.7 Å². The number of hydrogen-bond donors (Lipinski definition) is 1. The van der Waals surface area contributed by atoms with Gasteiger partial charge < -0.3 is 10.2 Å². The third-order valence-electron chi connectivity index (χ3n) is 8.59. The van der Waals surface area contributed by atoms with Gasteiger partial charge in [-0.3, -0.25) is 13.9 Å². The average molecular weight is 693 g/mol. The third-order valence-corrected chi connectivity index (χ3v) is 11.1. The molecule has 5 rings (SSSR count). The van der Waals surface area contributed by atoms with Crippen LogP contribution in [0.1, 0.15) is 47.9 Å². The van der Waals surface area contributed by atoms with Crippen molar-refractivity contribution in [3.63, 3.8) is 0 Å². The van der Waals surface area contributed by atoms with Gasteiger partial charge in [0.25, 0.3) is 10.0 Å². The van der Waals surface area contributed by atoms with E-state index in [0.717, 1.165) is 41.1 Å². The highest BCUT2D eigenvalue weighted by molar-refractivity contribution is 7.92. The van der Waals surface area contributed by atoms with Crippen molar-refractivity contribution < 1.29 is 18.0 Å². The molecule has 0 aromatic heterocycles. The summed E-state index contributed by atoms with van der Waals surface area (Å²) in [5.41, 5.74) is 3.35. The summed E-state index contributed by atoms with van der Waals surface area (Å²) in [5, 5.41) is 3.86. The Morgan fingerprint density at radius 2 is 1.47 bits per heavy atom. The third kappa shape index (κ3) is 8.36. The zero-order valence-corrected chi connectivity index (χ0v) is 28.9. The van der Waals surface area contributed by atoms with Gasteiger partial charge in [0.15, 0.2) is 0 Å². The molecule has 7 nitrogen and oxygen atoms in total. The van der Waals surface area contributed by atoms with Crippen LogP contribution in [0.3, 0.4) is 0 Å². The second-order valence-corrected chi connectivity index (χ2v) is 14.7. The number of halogens is 2. The number of aryl methyl sites for hydroxylation is 2. The molecule has 1 atom stereocenters. The highest BCUT2D eigenvalue weighted by Crippen LogP contribution is 2.31. The van der Waals surface area contributed by atoms with Crippen LogP contribution in [0.25, 0.3) is 0 Å². The second kappa shape index (κ2) is 15.4. The molecule has 4 aromatic rings. The van der Waals surface area contributed by atoms with Gasteiger partial charge in [0.05, 0.1) is 10.6 Å². The predicted octanol–water partition coefficient (Wildman–Crippen LogP) is 7.50. The van der Waals surface area contributed by atoms with E-state index in [9.17, 15) is 18.0 Å². The fourth-order valence-electron chi connectivity index (χ4n) is 6.09. The first-order chi connectivity index (χ1) is 22.5. The zero-order valence-electron chi connectivity index (χ0n) is 26.5. The van der Waals surface area contributed by atoms with E-state index in [1.165, 1.54) is 17.0 Å². The molecule has 2 amide bonds. The fraction of sp³-hybridized carbons (Fsp3) is 0.297. The summed E-state index contributed by atoms with van der Waals surface area (Å²) in [6, 6.07) is 27.0. The number of rotatable bonds is 12. The summed E-state index contributed by atoms with van der Waals surface area (Å²) in [7, 11) is -4.20. The summed E-state index contributed by atoms with van der Waals surface area (Å²) in [6.45, 7) is 3.09. The van der Waals surface area contributed by atoms with Gasteiger partial charge in [-0.25, -0.2) is 8.42 Å². The summed E-state index contributed by atoms with van der Waals surface area (Å²) in [5.74, 6) is -0.871. The van der Waals surface area contributed by atoms with E-state index in [1.807, 2.05) is 56.3 Å². The lowest BCUT2D eigenvalue weighted by atomic mass is 10.0. The highest BCUT2D eigenvalue weighted by atomic mass is 35.5. The van der Waals surface area contributed by atoms with Gasteiger partial charge in [-0.15, -0.1) is 0 Å². The van der Waals surface area contributed by atoms with E-state index in [4.69, 9.17) is 23.2 Å². The van der Waals surface area contributed by atoms with Crippen molar-refractivity contribution in [2.24, 2.45) is 0 Å². The van der Waals surface area contributed by atoms with E-state index < -0.39 is 28.5 Å². The van der Waals surface area contributed by atoms with Gasteiger partial charge in [0, 0.05) is 34.6 Å². The Morgan fingerprint density at radius 1 is 0.851 bits per heavy atom. The van der Waals surface area contributed by atoms with E-state index in [2.05, 4.69) is 5.32 Å². The lowest BCUT2D eigenvalue weighted by Crippen LogP contribution is -2.54. The lowest BCUT2D eigenvalue weighted by molar-refractivity contribution is -0.140. The van der Waals surface area contributed by atoms with Crippen LogP contribution in [0.2, 0.25) is 10.0 Å². The summed E-state index contributed by atoms with van der Waals surface area (Å²) < 4.78 is 29.6. The van der Waals surface area contributed by atoms with Crippen LogP contribution >= 0.6 is 23.2 Å². The summed E-state index contributed by atoms with van der Waals surface area (Å²) in [6.07, 6.45) is 3.98. The maximum Gasteiger partial charge on any atom is 0.264 e. The number of hydrogen-bond acceptors (Lipinski definition) is 4. The SMILES string of the molecule is Cc1ccc(N(CC(=O)N(Cc2c(Cl)cccc2Cl)[C@@H](Cc2ccccc2)C(=O)NC2CCCC2)S(=O)(=O)c2ccccc2)c(C)c1. The molecule has 1 saturated carbocycles. The van der Waals surface area contributed by atoms with Gasteiger partial charge in [-0.1, -0.05) is 108 Å². The van der Waals surface area contributed by atoms with Crippen LogP contribution in [0.5, 0.6) is 0 Å². The van der Waals surface area contributed by atoms with E-state index in [-0.39, 0.29) is 29.8 Å². The summed E-state index contributed by atoms with van der Waals surface area (Å²) >= 11 is 13.2. The quantitative estimate of drug-likeness (QED) is 0.167. The minimum Gasteiger partial charge on any atom is -0.352 e. The molecule has 4 aromatic carbocycles. The number of carbonyl (C=O) groups excluding carboxylic acids is 2. The first-order valence-electron chi connectivity index (χ1n) is 15.8. The molecule has 10 heteroatoms. The Labute approximate surface area is 287 Å². The van der Waals surface area contributed by atoms with Gasteiger partial charge in [0.2, 0.25) is 11.8 Å². The fourth-order valence-corrected chi connectivity index (χ4v) is 8.11. The number of carbonyl (C=O) groups is 2. The van der Waals surface area contributed by atoms with Crippen molar-refractivity contribution in [1.29, 1.82) is 0 Å². The maximum absolute atomic E-state index is 14.7. The molecular weight excluding hydrogens is 653 g/mol. The Morgan fingerprint density at radius 3 is 2.09 bits per heavy atom. The van der Waals surface area contributed by atoms with E-state index in [1.54, 1.807) is 42.5 Å². The number of nitrogens with one attached hydrogen (secondary N) is 1. The molecule has 47 heavy (non-hydrogen) atoms. The molecule has 1 aliphatic carbocycles. The van der Waals surface area contributed by atoms with Crippen molar-refractivity contribution in [2.45, 2.75) is 69.5 Å². The number of amides is 2. The molecule has 0 bridgehead atoms. The minimum absolute atomic E-state index is 0.00629. The predicted molar refractivity (Wildman–Crippen MR) is 188 cm³/mol. The van der Waals surface area contributed by atoms with Crippen molar-refractivity contribution in [1.82, 2.24) is 10.2 Å². The first-order valence-corrected chi connectivity index (χ1v) is 18.0. The molecule has 0 spiro atoms. The number of anilines is 1. The largest absolute Gasteiger partial charge is 0.352 e. The molecule has 1 aliphatic rings. The van der Waals surface area contributed by atoms with Crippen LogP contribution in [0, 0.1) is 13.8 Å². The van der Waals surface area contributed by atoms with Gasteiger partial charge in [-0.05, 0) is 68.1 Å². The molecule has 0 saturated heterocycles. The van der Waals surface area contributed by atoms with Crippen LogP contribution in [-0.4, -0.2) is 43.8 Å². The maximum atomic E-state index is 14.7. The van der Waals surface area contributed by atoms with Gasteiger partial charge in [0.1, 0.15) is 12.6 Å². The topological polar surface area (TPSA) is 86.8 Å². The van der Waals surface area contributed by atoms with E-state index >= 15 is 0 Å². The zero-order chi connectivity index (χ0) is 33.6. The minimum atomic E-state index is -4.20. The van der Waals surface area contributed by atoms with E-state index in [0.29, 0.717) is 26.9 Å².